The molecule has 1 aromatic rings. The van der Waals surface area contributed by atoms with E-state index < -0.39 is 0 Å². The van der Waals surface area contributed by atoms with Gasteiger partial charge in [-0.05, 0) is 40.9 Å². The number of urea groups is 1. The van der Waals surface area contributed by atoms with E-state index in [0.29, 0.717) is 18.8 Å². The lowest BCUT2D eigenvalue weighted by Crippen LogP contribution is -2.46. The molecule has 0 saturated carbocycles. The van der Waals surface area contributed by atoms with Crippen LogP contribution in [0.25, 0.3) is 0 Å². The van der Waals surface area contributed by atoms with Crippen molar-refractivity contribution in [1.82, 2.24) is 9.80 Å². The Morgan fingerprint density at radius 2 is 2.05 bits per heavy atom. The summed E-state index contributed by atoms with van der Waals surface area (Å²) in [6.07, 6.45) is 1.64. The number of hydrogen-bond acceptors (Lipinski definition) is 2. The lowest BCUT2D eigenvalue weighted by molar-refractivity contribution is 0.158. The van der Waals surface area contributed by atoms with Crippen LogP contribution in [0, 0.1) is 5.82 Å². The zero-order chi connectivity index (χ0) is 14.7. The fourth-order valence-corrected chi connectivity index (χ4v) is 2.79. The summed E-state index contributed by atoms with van der Waals surface area (Å²) < 4.78 is 14.5. The van der Waals surface area contributed by atoms with E-state index in [4.69, 9.17) is 0 Å². The van der Waals surface area contributed by atoms with Gasteiger partial charge in [0.05, 0.1) is 5.69 Å². The van der Waals surface area contributed by atoms with E-state index in [1.54, 1.807) is 25.1 Å². The number of carbonyl (C=O) groups excluding carboxylic acids is 1. The number of nitrogens with zero attached hydrogens (tertiary/aromatic N) is 2. The second kappa shape index (κ2) is 6.43. The van der Waals surface area contributed by atoms with Gasteiger partial charge in [-0.3, -0.25) is 0 Å². The van der Waals surface area contributed by atoms with Crippen LogP contribution < -0.4 is 5.32 Å². The average molecular weight is 344 g/mol. The van der Waals surface area contributed by atoms with E-state index in [1.165, 1.54) is 6.07 Å². The number of hydrogen-bond donors (Lipinski definition) is 1. The summed E-state index contributed by atoms with van der Waals surface area (Å²) in [5.74, 6) is -0.258. The van der Waals surface area contributed by atoms with Crippen LogP contribution in [0.15, 0.2) is 22.7 Å². The minimum absolute atomic E-state index is 0.0375. The topological polar surface area (TPSA) is 35.6 Å². The molecule has 1 N–H and O–H groups in total. The summed E-state index contributed by atoms with van der Waals surface area (Å²) in [6.45, 7) is 1.39. The Kier molecular flexibility index (Phi) is 4.86. The molecule has 0 unspecified atom stereocenters. The third kappa shape index (κ3) is 3.42. The zero-order valence-electron chi connectivity index (χ0n) is 11.7. The third-order valence-corrected chi connectivity index (χ3v) is 4.12. The van der Waals surface area contributed by atoms with Crippen LogP contribution >= 0.6 is 15.9 Å². The predicted octanol–water partition coefficient (Wildman–Crippen LogP) is 3.15. The number of para-hydroxylation sites is 1. The molecular formula is C14H19BrFN3O. The minimum atomic E-state index is -0.258. The smallest absolute Gasteiger partial charge is 0.319 e. The lowest BCUT2D eigenvalue weighted by atomic mass is 10.0. The first kappa shape index (κ1) is 15.1. The van der Waals surface area contributed by atoms with Gasteiger partial charge in [0.25, 0.3) is 0 Å². The van der Waals surface area contributed by atoms with Crippen molar-refractivity contribution in [2.24, 2.45) is 0 Å². The van der Waals surface area contributed by atoms with Gasteiger partial charge in [-0.1, -0.05) is 6.07 Å². The first-order valence-corrected chi connectivity index (χ1v) is 7.45. The Bertz CT molecular complexity index is 467. The summed E-state index contributed by atoms with van der Waals surface area (Å²) in [6, 6.07) is 5.15. The van der Waals surface area contributed by atoms with Crippen molar-refractivity contribution in [1.29, 1.82) is 0 Å². The Labute approximate surface area is 127 Å². The number of amides is 2. The van der Waals surface area contributed by atoms with Gasteiger partial charge >= 0.3 is 6.03 Å². The van der Waals surface area contributed by atoms with Crippen molar-refractivity contribution in [3.05, 3.63) is 28.5 Å². The van der Waals surface area contributed by atoms with Gasteiger partial charge < -0.3 is 15.1 Å². The van der Waals surface area contributed by atoms with Crippen LogP contribution in [0.2, 0.25) is 0 Å². The second-order valence-corrected chi connectivity index (χ2v) is 6.03. The van der Waals surface area contributed by atoms with Gasteiger partial charge in [-0.2, -0.15) is 0 Å². The molecule has 0 radical (unpaired) electrons. The van der Waals surface area contributed by atoms with E-state index >= 15 is 0 Å². The van der Waals surface area contributed by atoms with Crippen LogP contribution in [0.3, 0.4) is 0 Å². The maximum absolute atomic E-state index is 13.8. The highest BCUT2D eigenvalue weighted by molar-refractivity contribution is 9.10. The highest BCUT2D eigenvalue weighted by Crippen LogP contribution is 2.27. The fraction of sp³-hybridized carbons (Fsp3) is 0.500. The normalized spacial score (nSPS) is 16.1. The van der Waals surface area contributed by atoms with E-state index in [-0.39, 0.29) is 17.9 Å². The van der Waals surface area contributed by atoms with Crippen LogP contribution in [0.5, 0.6) is 0 Å². The third-order valence-electron chi connectivity index (χ3n) is 3.46. The standard InChI is InChI=1S/C14H19BrFN3O/c1-18(2)14(20)19-8-6-10(7-9-19)17-13-11(15)4-3-5-12(13)16/h3-5,10,17H,6-9H2,1-2H3. The van der Waals surface area contributed by atoms with E-state index in [1.807, 2.05) is 11.0 Å². The molecule has 1 heterocycles. The fourth-order valence-electron chi connectivity index (χ4n) is 2.34. The monoisotopic (exact) mass is 343 g/mol. The first-order valence-electron chi connectivity index (χ1n) is 6.66. The Morgan fingerprint density at radius 3 is 2.60 bits per heavy atom. The minimum Gasteiger partial charge on any atom is -0.379 e. The molecule has 0 bridgehead atoms. The van der Waals surface area contributed by atoms with Gasteiger partial charge in [0.1, 0.15) is 5.82 Å². The molecule has 1 aromatic carbocycles. The predicted molar refractivity (Wildman–Crippen MR) is 81.4 cm³/mol. The zero-order valence-corrected chi connectivity index (χ0v) is 13.3. The lowest BCUT2D eigenvalue weighted by Gasteiger charge is -2.34. The average Bonchev–Trinajstić information content (AvgIpc) is 2.43. The van der Waals surface area contributed by atoms with Crippen molar-refractivity contribution >= 4 is 27.6 Å². The Hall–Kier alpha value is -1.30. The van der Waals surface area contributed by atoms with E-state index in [9.17, 15) is 9.18 Å². The van der Waals surface area contributed by atoms with Crippen molar-refractivity contribution < 1.29 is 9.18 Å². The molecule has 110 valence electrons. The molecule has 20 heavy (non-hydrogen) atoms. The van der Waals surface area contributed by atoms with Crippen molar-refractivity contribution in [2.45, 2.75) is 18.9 Å². The number of carbonyl (C=O) groups is 1. The summed E-state index contributed by atoms with van der Waals surface area (Å²) in [4.78, 5) is 15.2. The van der Waals surface area contributed by atoms with Crippen LogP contribution in [-0.2, 0) is 0 Å². The maximum Gasteiger partial charge on any atom is 0.319 e. The molecule has 1 aliphatic rings. The quantitative estimate of drug-likeness (QED) is 0.895. The number of nitrogens with one attached hydrogen (secondary N) is 1. The largest absolute Gasteiger partial charge is 0.379 e. The van der Waals surface area contributed by atoms with Crippen LogP contribution in [-0.4, -0.2) is 49.1 Å². The molecule has 6 heteroatoms. The second-order valence-electron chi connectivity index (χ2n) is 5.18. The number of halogens is 2. The Balaban J connectivity index is 1.93. The van der Waals surface area contributed by atoms with Crippen LogP contribution in [0.1, 0.15) is 12.8 Å². The number of rotatable bonds is 2. The molecule has 1 saturated heterocycles. The van der Waals surface area contributed by atoms with Gasteiger partial charge in [-0.25, -0.2) is 9.18 Å². The molecule has 2 amide bonds. The highest BCUT2D eigenvalue weighted by Gasteiger charge is 2.24. The van der Waals surface area contributed by atoms with Gasteiger partial charge in [0.2, 0.25) is 0 Å². The number of piperidine rings is 1. The summed E-state index contributed by atoms with van der Waals surface area (Å²) in [5, 5.41) is 3.23. The number of anilines is 1. The van der Waals surface area contributed by atoms with Crippen molar-refractivity contribution in [3.8, 4) is 0 Å². The van der Waals surface area contributed by atoms with Crippen molar-refractivity contribution in [3.63, 3.8) is 0 Å². The first-order chi connectivity index (χ1) is 9.49. The van der Waals surface area contributed by atoms with Gasteiger partial charge in [0.15, 0.2) is 0 Å². The Morgan fingerprint density at radius 1 is 1.40 bits per heavy atom. The summed E-state index contributed by atoms with van der Waals surface area (Å²) in [7, 11) is 3.51. The van der Waals surface area contributed by atoms with Gasteiger partial charge in [-0.15, -0.1) is 0 Å². The van der Waals surface area contributed by atoms with Gasteiger partial charge in [0, 0.05) is 37.7 Å². The maximum atomic E-state index is 13.8. The van der Waals surface area contributed by atoms with E-state index in [2.05, 4.69) is 21.2 Å². The molecule has 1 aliphatic heterocycles. The molecule has 4 nitrogen and oxygen atoms in total. The molecule has 0 aliphatic carbocycles. The van der Waals surface area contributed by atoms with E-state index in [0.717, 1.165) is 17.3 Å². The van der Waals surface area contributed by atoms with Crippen molar-refractivity contribution in [2.75, 3.05) is 32.5 Å². The molecule has 0 spiro atoms. The summed E-state index contributed by atoms with van der Waals surface area (Å²) >= 11 is 3.35. The highest BCUT2D eigenvalue weighted by atomic mass is 79.9. The van der Waals surface area contributed by atoms with Crippen LogP contribution in [0.4, 0.5) is 14.9 Å². The number of likely N-dealkylation sites (tertiary alicyclic amines) is 1. The SMILES string of the molecule is CN(C)C(=O)N1CCC(Nc2c(F)cccc2Br)CC1. The molecule has 2 rings (SSSR count). The summed E-state index contributed by atoms with van der Waals surface area (Å²) in [5.41, 5.74) is 0.505. The molecule has 1 fully saturated rings. The number of benzene rings is 1. The molecule has 0 atom stereocenters. The molecule has 0 aromatic heterocycles. The molecular weight excluding hydrogens is 325 g/mol.